The Morgan fingerprint density at radius 2 is 2.00 bits per heavy atom. The van der Waals surface area contributed by atoms with Crippen LogP contribution in [0.3, 0.4) is 0 Å². The number of anilines is 1. The Balaban J connectivity index is 3.05. The molecular formula is C15H23NO. The van der Waals surface area contributed by atoms with Crippen LogP contribution in [0.5, 0.6) is 0 Å². The van der Waals surface area contributed by atoms with Gasteiger partial charge in [0.1, 0.15) is 0 Å². The summed E-state index contributed by atoms with van der Waals surface area (Å²) in [7, 11) is 0. The summed E-state index contributed by atoms with van der Waals surface area (Å²) in [6, 6.07) is 8.07. The minimum absolute atomic E-state index is 0.384. The fourth-order valence-corrected chi connectivity index (χ4v) is 1.97. The lowest BCUT2D eigenvalue weighted by Gasteiger charge is -2.27. The summed E-state index contributed by atoms with van der Waals surface area (Å²) in [6.07, 6.45) is 0.354. The molecule has 0 aromatic heterocycles. The molecule has 0 amide bonds. The highest BCUT2D eigenvalue weighted by molar-refractivity contribution is 5.55. The molecule has 0 saturated heterocycles. The zero-order valence-electron chi connectivity index (χ0n) is 11.1. The number of rotatable bonds is 6. The van der Waals surface area contributed by atoms with Crippen LogP contribution in [-0.4, -0.2) is 18.2 Å². The van der Waals surface area contributed by atoms with E-state index in [2.05, 4.69) is 24.5 Å². The lowest BCUT2D eigenvalue weighted by atomic mass is 10.0. The lowest BCUT2D eigenvalue weighted by Crippen LogP contribution is -2.26. The molecule has 0 saturated carbocycles. The molecule has 94 valence electrons. The number of benzene rings is 1. The van der Waals surface area contributed by atoms with Crippen LogP contribution in [0.2, 0.25) is 0 Å². The van der Waals surface area contributed by atoms with Crippen LogP contribution in [-0.2, 0) is 0 Å². The van der Waals surface area contributed by atoms with Crippen molar-refractivity contribution < 1.29 is 5.11 Å². The van der Waals surface area contributed by atoms with Gasteiger partial charge in [0.15, 0.2) is 0 Å². The van der Waals surface area contributed by atoms with E-state index in [1.165, 1.54) is 0 Å². The Labute approximate surface area is 105 Å². The van der Waals surface area contributed by atoms with Crippen molar-refractivity contribution in [3.05, 3.63) is 42.0 Å². The molecule has 0 spiro atoms. The standard InChI is InChI=1S/C15H23NO/c1-5-15(17)13-9-7-8-10-14(13)16(6-2)11-12(3)4/h7-10,15,17H,3,5-6,11H2,1-2,4H3/t15-/m1/s1. The molecule has 0 unspecified atom stereocenters. The Bertz CT molecular complexity index is 373. The highest BCUT2D eigenvalue weighted by atomic mass is 16.3. The first-order chi connectivity index (χ1) is 8.10. The molecule has 0 bridgehead atoms. The van der Waals surface area contributed by atoms with E-state index in [1.54, 1.807) is 0 Å². The normalized spacial score (nSPS) is 12.2. The first kappa shape index (κ1) is 13.8. The maximum atomic E-state index is 10.0. The highest BCUT2D eigenvalue weighted by Gasteiger charge is 2.14. The van der Waals surface area contributed by atoms with Crippen LogP contribution in [0, 0.1) is 0 Å². The molecule has 1 N–H and O–H groups in total. The van der Waals surface area contributed by atoms with E-state index >= 15 is 0 Å². The molecule has 17 heavy (non-hydrogen) atoms. The smallest absolute Gasteiger partial charge is 0.0807 e. The summed E-state index contributed by atoms with van der Waals surface area (Å²) in [4.78, 5) is 2.25. The predicted molar refractivity (Wildman–Crippen MR) is 74.4 cm³/mol. The monoisotopic (exact) mass is 233 g/mol. The van der Waals surface area contributed by atoms with Gasteiger partial charge in [-0.15, -0.1) is 0 Å². The molecule has 0 radical (unpaired) electrons. The number of nitrogens with zero attached hydrogens (tertiary/aromatic N) is 1. The molecule has 1 aromatic rings. The first-order valence-electron chi connectivity index (χ1n) is 6.26. The second-order valence-corrected chi connectivity index (χ2v) is 4.45. The molecule has 2 heteroatoms. The van der Waals surface area contributed by atoms with Gasteiger partial charge in [-0.1, -0.05) is 37.3 Å². The van der Waals surface area contributed by atoms with E-state index < -0.39 is 0 Å². The number of hydrogen-bond donors (Lipinski definition) is 1. The van der Waals surface area contributed by atoms with Crippen molar-refractivity contribution >= 4 is 5.69 Å². The van der Waals surface area contributed by atoms with Gasteiger partial charge in [-0.2, -0.15) is 0 Å². The summed E-state index contributed by atoms with van der Waals surface area (Å²) in [5.41, 5.74) is 3.26. The van der Waals surface area contributed by atoms with Crippen molar-refractivity contribution in [3.63, 3.8) is 0 Å². The molecule has 2 nitrogen and oxygen atoms in total. The Morgan fingerprint density at radius 1 is 1.35 bits per heavy atom. The van der Waals surface area contributed by atoms with Crippen LogP contribution < -0.4 is 4.90 Å². The van der Waals surface area contributed by atoms with Crippen molar-refractivity contribution in [1.29, 1.82) is 0 Å². The summed E-state index contributed by atoms with van der Waals surface area (Å²) in [5.74, 6) is 0. The largest absolute Gasteiger partial charge is 0.388 e. The quantitative estimate of drug-likeness (QED) is 0.760. The average Bonchev–Trinajstić information content (AvgIpc) is 2.34. The van der Waals surface area contributed by atoms with Crippen LogP contribution in [0.15, 0.2) is 36.4 Å². The molecule has 1 atom stereocenters. The van der Waals surface area contributed by atoms with Gasteiger partial charge in [0.05, 0.1) is 6.10 Å². The van der Waals surface area contributed by atoms with Crippen molar-refractivity contribution in [1.82, 2.24) is 0 Å². The van der Waals surface area contributed by atoms with Crippen molar-refractivity contribution in [2.24, 2.45) is 0 Å². The Hall–Kier alpha value is -1.28. The molecule has 0 aliphatic carbocycles. The van der Waals surface area contributed by atoms with Gasteiger partial charge >= 0.3 is 0 Å². The first-order valence-corrected chi connectivity index (χ1v) is 6.26. The number of hydrogen-bond acceptors (Lipinski definition) is 2. The maximum absolute atomic E-state index is 10.0. The Kier molecular flexibility index (Phi) is 5.23. The van der Waals surface area contributed by atoms with E-state index in [4.69, 9.17) is 0 Å². The Morgan fingerprint density at radius 3 is 2.53 bits per heavy atom. The SMILES string of the molecule is C=C(C)CN(CC)c1ccccc1[C@H](O)CC. The number of aliphatic hydroxyl groups excluding tert-OH is 1. The van der Waals surface area contributed by atoms with Crippen LogP contribution in [0.25, 0.3) is 0 Å². The average molecular weight is 233 g/mol. The summed E-state index contributed by atoms with van der Waals surface area (Å²) in [5, 5.41) is 10.0. The number of para-hydroxylation sites is 1. The minimum atomic E-state index is -0.384. The van der Waals surface area contributed by atoms with Gasteiger partial charge in [0.25, 0.3) is 0 Å². The lowest BCUT2D eigenvalue weighted by molar-refractivity contribution is 0.174. The third kappa shape index (κ3) is 3.60. The third-order valence-corrected chi connectivity index (χ3v) is 2.87. The van der Waals surface area contributed by atoms with Gasteiger partial charge in [0, 0.05) is 24.3 Å². The minimum Gasteiger partial charge on any atom is -0.388 e. The fraction of sp³-hybridized carbons (Fsp3) is 0.467. The summed E-state index contributed by atoms with van der Waals surface area (Å²) >= 11 is 0. The maximum Gasteiger partial charge on any atom is 0.0807 e. The molecular weight excluding hydrogens is 210 g/mol. The summed E-state index contributed by atoms with van der Waals surface area (Å²) in [6.45, 7) is 11.9. The number of aliphatic hydroxyl groups is 1. The second-order valence-electron chi connectivity index (χ2n) is 4.45. The van der Waals surface area contributed by atoms with Gasteiger partial charge in [-0.05, 0) is 26.3 Å². The van der Waals surface area contributed by atoms with Crippen LogP contribution in [0.4, 0.5) is 5.69 Å². The predicted octanol–water partition coefficient (Wildman–Crippen LogP) is 3.53. The zero-order valence-corrected chi connectivity index (χ0v) is 11.1. The van der Waals surface area contributed by atoms with E-state index in [0.717, 1.165) is 36.3 Å². The van der Waals surface area contributed by atoms with E-state index in [9.17, 15) is 5.11 Å². The van der Waals surface area contributed by atoms with Crippen molar-refractivity contribution in [2.45, 2.75) is 33.3 Å². The highest BCUT2D eigenvalue weighted by Crippen LogP contribution is 2.28. The van der Waals surface area contributed by atoms with E-state index in [0.29, 0.717) is 0 Å². The topological polar surface area (TPSA) is 23.5 Å². The zero-order chi connectivity index (χ0) is 12.8. The molecule has 0 aliphatic heterocycles. The second kappa shape index (κ2) is 6.45. The van der Waals surface area contributed by atoms with Crippen molar-refractivity contribution in [3.8, 4) is 0 Å². The fourth-order valence-electron chi connectivity index (χ4n) is 1.97. The van der Waals surface area contributed by atoms with Crippen LogP contribution in [0.1, 0.15) is 38.9 Å². The number of likely N-dealkylation sites (N-methyl/N-ethyl adjacent to an activating group) is 1. The van der Waals surface area contributed by atoms with Gasteiger partial charge in [-0.3, -0.25) is 0 Å². The molecule has 0 heterocycles. The molecule has 1 aromatic carbocycles. The van der Waals surface area contributed by atoms with E-state index in [1.807, 2.05) is 32.0 Å². The van der Waals surface area contributed by atoms with Crippen LogP contribution >= 0.6 is 0 Å². The van der Waals surface area contributed by atoms with Gasteiger partial charge < -0.3 is 10.0 Å². The van der Waals surface area contributed by atoms with E-state index in [-0.39, 0.29) is 6.10 Å². The summed E-state index contributed by atoms with van der Waals surface area (Å²) < 4.78 is 0. The van der Waals surface area contributed by atoms with Gasteiger partial charge in [0.2, 0.25) is 0 Å². The molecule has 0 fully saturated rings. The molecule has 0 aliphatic rings. The molecule has 1 rings (SSSR count). The van der Waals surface area contributed by atoms with Crippen molar-refractivity contribution in [2.75, 3.05) is 18.0 Å². The van der Waals surface area contributed by atoms with Gasteiger partial charge in [-0.25, -0.2) is 0 Å². The third-order valence-electron chi connectivity index (χ3n) is 2.87.